The zero-order valence-corrected chi connectivity index (χ0v) is 11.7. The number of carbonyl (C=O) groups is 1. The van der Waals surface area contributed by atoms with Crippen molar-refractivity contribution >= 4 is 21.8 Å². The first kappa shape index (κ1) is 13.0. The van der Waals surface area contributed by atoms with E-state index < -0.39 is 0 Å². The van der Waals surface area contributed by atoms with E-state index in [-0.39, 0.29) is 5.91 Å². The van der Waals surface area contributed by atoms with Crippen molar-refractivity contribution in [1.82, 2.24) is 20.3 Å². The number of likely N-dealkylation sites (N-methyl/N-ethyl adjacent to an activating group) is 1. The largest absolute Gasteiger partial charge is 0.340 e. The summed E-state index contributed by atoms with van der Waals surface area (Å²) in [5.74, 6) is -0.0156. The highest BCUT2D eigenvalue weighted by Crippen LogP contribution is 2.08. The lowest BCUT2D eigenvalue weighted by Gasteiger charge is -2.22. The first-order valence-corrected chi connectivity index (χ1v) is 6.50. The third-order valence-corrected chi connectivity index (χ3v) is 3.16. The Morgan fingerprint density at radius 2 is 2.44 bits per heavy atom. The second-order valence-corrected chi connectivity index (χ2v) is 4.85. The molecule has 1 aliphatic heterocycles. The van der Waals surface area contributed by atoms with Gasteiger partial charge < -0.3 is 9.91 Å². The van der Waals surface area contributed by atoms with Gasteiger partial charge in [0.2, 0.25) is 0 Å². The van der Waals surface area contributed by atoms with Crippen LogP contribution in [0.15, 0.2) is 35.2 Å². The summed E-state index contributed by atoms with van der Waals surface area (Å²) in [6, 6.07) is 3.54. The Hall–Kier alpha value is -1.40. The van der Waals surface area contributed by atoms with Crippen LogP contribution in [-0.2, 0) is 0 Å². The molecule has 1 aliphatic rings. The molecule has 0 radical (unpaired) electrons. The van der Waals surface area contributed by atoms with E-state index in [1.54, 1.807) is 30.3 Å². The Morgan fingerprint density at radius 1 is 1.61 bits per heavy atom. The summed E-state index contributed by atoms with van der Waals surface area (Å²) >= 11 is 3.25. The normalized spacial score (nSPS) is 14.0. The van der Waals surface area contributed by atoms with Crippen LogP contribution in [0.5, 0.6) is 0 Å². The number of hydrogen-bond donors (Lipinski definition) is 1. The Morgan fingerprint density at radius 3 is 3.06 bits per heavy atom. The Balaban J connectivity index is 1.87. The molecule has 0 aromatic carbocycles. The first-order chi connectivity index (χ1) is 8.66. The van der Waals surface area contributed by atoms with Crippen molar-refractivity contribution in [1.29, 1.82) is 0 Å². The maximum absolute atomic E-state index is 12.1. The lowest BCUT2D eigenvalue weighted by atomic mass is 10.2. The minimum atomic E-state index is -0.0156. The van der Waals surface area contributed by atoms with Gasteiger partial charge >= 0.3 is 0 Å². The highest BCUT2D eigenvalue weighted by Gasteiger charge is 2.13. The van der Waals surface area contributed by atoms with Crippen molar-refractivity contribution in [2.24, 2.45) is 0 Å². The highest BCUT2D eigenvalue weighted by atomic mass is 79.9. The van der Waals surface area contributed by atoms with E-state index in [2.05, 4.69) is 26.3 Å². The van der Waals surface area contributed by atoms with Crippen LogP contribution in [0.4, 0.5) is 0 Å². The molecule has 18 heavy (non-hydrogen) atoms. The van der Waals surface area contributed by atoms with Crippen molar-refractivity contribution in [3.63, 3.8) is 0 Å². The number of carbonyl (C=O) groups excluding carboxylic acids is 1. The van der Waals surface area contributed by atoms with Gasteiger partial charge in [0.1, 0.15) is 4.60 Å². The van der Waals surface area contributed by atoms with Gasteiger partial charge in [0.05, 0.1) is 12.1 Å². The average molecular weight is 311 g/mol. The zero-order valence-electron chi connectivity index (χ0n) is 10.1. The number of rotatable bonds is 4. The molecule has 6 heteroatoms. The fourth-order valence-electron chi connectivity index (χ4n) is 1.64. The number of amides is 1. The van der Waals surface area contributed by atoms with E-state index in [1.807, 2.05) is 17.3 Å². The topological polar surface area (TPSA) is 48.5 Å². The molecule has 2 rings (SSSR count). The van der Waals surface area contributed by atoms with Gasteiger partial charge in [-0.3, -0.25) is 4.79 Å². The summed E-state index contributed by atoms with van der Waals surface area (Å²) in [4.78, 5) is 17.8. The van der Waals surface area contributed by atoms with Crippen LogP contribution >= 0.6 is 15.9 Å². The number of halogens is 1. The molecule has 0 saturated carbocycles. The number of hydrogen-bond acceptors (Lipinski definition) is 4. The molecule has 1 aromatic rings. The molecule has 1 N–H and O–H groups in total. The molecule has 0 bridgehead atoms. The van der Waals surface area contributed by atoms with Crippen molar-refractivity contribution in [2.45, 2.75) is 0 Å². The van der Waals surface area contributed by atoms with Crippen molar-refractivity contribution in [3.8, 4) is 0 Å². The van der Waals surface area contributed by atoms with E-state index in [0.717, 1.165) is 17.7 Å². The fourth-order valence-corrected chi connectivity index (χ4v) is 1.87. The molecule has 0 fully saturated rings. The number of nitrogens with one attached hydrogen (secondary N) is 1. The van der Waals surface area contributed by atoms with Gasteiger partial charge in [-0.25, -0.2) is 10.4 Å². The van der Waals surface area contributed by atoms with Crippen LogP contribution in [0.1, 0.15) is 10.4 Å². The van der Waals surface area contributed by atoms with Gasteiger partial charge in [-0.2, -0.15) is 0 Å². The molecule has 1 amide bonds. The van der Waals surface area contributed by atoms with E-state index in [0.29, 0.717) is 12.1 Å². The summed E-state index contributed by atoms with van der Waals surface area (Å²) in [5, 5.41) is 1.98. The molecule has 0 unspecified atom stereocenters. The Bertz CT molecular complexity index is 446. The number of aromatic nitrogens is 1. The van der Waals surface area contributed by atoms with Crippen LogP contribution in [0.2, 0.25) is 0 Å². The van der Waals surface area contributed by atoms with Gasteiger partial charge in [0, 0.05) is 32.5 Å². The average Bonchev–Trinajstić information content (AvgIpc) is 2.89. The predicted molar refractivity (Wildman–Crippen MR) is 72.7 cm³/mol. The first-order valence-electron chi connectivity index (χ1n) is 5.70. The van der Waals surface area contributed by atoms with Crippen molar-refractivity contribution in [3.05, 3.63) is 40.8 Å². The second kappa shape index (κ2) is 5.97. The quantitative estimate of drug-likeness (QED) is 0.850. The minimum Gasteiger partial charge on any atom is -0.340 e. The molecule has 96 valence electrons. The van der Waals surface area contributed by atoms with Crippen LogP contribution in [0.25, 0.3) is 0 Å². The zero-order chi connectivity index (χ0) is 13.0. The van der Waals surface area contributed by atoms with Crippen molar-refractivity contribution in [2.75, 3.05) is 26.7 Å². The summed E-state index contributed by atoms with van der Waals surface area (Å²) < 4.78 is 0.730. The minimum absolute atomic E-state index is 0.0156. The van der Waals surface area contributed by atoms with Crippen molar-refractivity contribution < 1.29 is 4.79 Å². The molecule has 5 nitrogen and oxygen atoms in total. The third-order valence-electron chi connectivity index (χ3n) is 2.69. The molecular weight excluding hydrogens is 296 g/mol. The third kappa shape index (κ3) is 3.30. The van der Waals surface area contributed by atoms with E-state index in [1.165, 1.54) is 0 Å². The smallest absolute Gasteiger partial charge is 0.255 e. The van der Waals surface area contributed by atoms with Crippen LogP contribution in [-0.4, -0.2) is 47.5 Å². The summed E-state index contributed by atoms with van der Waals surface area (Å²) in [6.45, 7) is 2.28. The SMILES string of the molecule is CN(CCN1C=CCN1)C(=O)c1ccc(Br)nc1. The van der Waals surface area contributed by atoms with Gasteiger partial charge in [0.25, 0.3) is 5.91 Å². The molecule has 0 atom stereocenters. The number of pyridine rings is 1. The maximum Gasteiger partial charge on any atom is 0.255 e. The monoisotopic (exact) mass is 310 g/mol. The molecule has 0 spiro atoms. The van der Waals surface area contributed by atoms with Crippen LogP contribution in [0, 0.1) is 0 Å². The van der Waals surface area contributed by atoms with Crippen LogP contribution in [0.3, 0.4) is 0 Å². The standard InChI is InChI=1S/C12H15BrN4O/c1-16(7-8-17-6-2-5-15-17)12(18)10-3-4-11(13)14-9-10/h2-4,6,9,15H,5,7-8H2,1H3. The predicted octanol–water partition coefficient (Wildman–Crippen LogP) is 1.25. The molecule has 2 heterocycles. The maximum atomic E-state index is 12.1. The van der Waals surface area contributed by atoms with E-state index >= 15 is 0 Å². The van der Waals surface area contributed by atoms with Crippen LogP contribution < -0.4 is 5.43 Å². The lowest BCUT2D eigenvalue weighted by molar-refractivity contribution is 0.0780. The van der Waals surface area contributed by atoms with Gasteiger partial charge in [0.15, 0.2) is 0 Å². The molecule has 0 saturated heterocycles. The fraction of sp³-hybridized carbons (Fsp3) is 0.333. The Kier molecular flexibility index (Phi) is 4.33. The highest BCUT2D eigenvalue weighted by molar-refractivity contribution is 9.10. The van der Waals surface area contributed by atoms with Gasteiger partial charge in [-0.15, -0.1) is 0 Å². The molecule has 1 aromatic heterocycles. The lowest BCUT2D eigenvalue weighted by Crippen LogP contribution is -2.38. The summed E-state index contributed by atoms with van der Waals surface area (Å²) in [6.07, 6.45) is 5.61. The number of nitrogens with zero attached hydrogens (tertiary/aromatic N) is 3. The second-order valence-electron chi connectivity index (χ2n) is 4.04. The van der Waals surface area contributed by atoms with E-state index in [9.17, 15) is 4.79 Å². The summed E-state index contributed by atoms with van der Waals surface area (Å²) in [7, 11) is 1.80. The molecular formula is C12H15BrN4O. The summed E-state index contributed by atoms with van der Waals surface area (Å²) in [5.41, 5.74) is 3.77. The van der Waals surface area contributed by atoms with Gasteiger partial charge in [-0.05, 0) is 28.1 Å². The van der Waals surface area contributed by atoms with Gasteiger partial charge in [-0.1, -0.05) is 6.08 Å². The van der Waals surface area contributed by atoms with E-state index in [4.69, 9.17) is 0 Å². The Labute approximate surface area is 115 Å². The number of hydrazine groups is 1. The molecule has 0 aliphatic carbocycles.